The van der Waals surface area contributed by atoms with Crippen LogP contribution in [0.3, 0.4) is 0 Å². The Morgan fingerprint density at radius 2 is 2.00 bits per heavy atom. The molecule has 0 aliphatic heterocycles. The van der Waals surface area contributed by atoms with Crippen LogP contribution in [0.4, 0.5) is 4.79 Å². The van der Waals surface area contributed by atoms with Gasteiger partial charge >= 0.3 is 12.0 Å². The summed E-state index contributed by atoms with van der Waals surface area (Å²) in [6, 6.07) is 3.22. The van der Waals surface area contributed by atoms with E-state index >= 15 is 0 Å². The van der Waals surface area contributed by atoms with Crippen molar-refractivity contribution in [3.05, 3.63) is 30.1 Å². The lowest BCUT2D eigenvalue weighted by atomic mass is 9.96. The number of aromatic nitrogens is 1. The van der Waals surface area contributed by atoms with E-state index in [1.807, 2.05) is 19.1 Å². The van der Waals surface area contributed by atoms with E-state index in [2.05, 4.69) is 10.3 Å². The van der Waals surface area contributed by atoms with Crippen LogP contribution < -0.4 is 5.32 Å². The van der Waals surface area contributed by atoms with Crippen molar-refractivity contribution < 1.29 is 14.7 Å². The summed E-state index contributed by atoms with van der Waals surface area (Å²) in [5, 5.41) is 11.8. The maximum atomic E-state index is 12.1. The summed E-state index contributed by atoms with van der Waals surface area (Å²) in [5.41, 5.74) is -0.302. The summed E-state index contributed by atoms with van der Waals surface area (Å²) in [6.07, 6.45) is 4.37. The fraction of sp³-hybridized carbons (Fsp3) is 0.500. The summed E-state index contributed by atoms with van der Waals surface area (Å²) in [6.45, 7) is 3.81. The highest BCUT2D eigenvalue weighted by Gasteiger charge is 2.34. The van der Waals surface area contributed by atoms with Crippen LogP contribution in [-0.4, -0.2) is 39.6 Å². The topological polar surface area (TPSA) is 82.5 Å². The number of amides is 2. The Kier molecular flexibility index (Phi) is 5.49. The third-order valence-corrected chi connectivity index (χ3v) is 3.12. The Bertz CT molecular complexity index is 464. The zero-order valence-electron chi connectivity index (χ0n) is 12.1. The van der Waals surface area contributed by atoms with Crippen molar-refractivity contribution in [3.63, 3.8) is 0 Å². The van der Waals surface area contributed by atoms with Crippen molar-refractivity contribution in [2.45, 2.75) is 38.8 Å². The lowest BCUT2D eigenvalue weighted by molar-refractivity contribution is -0.144. The molecule has 6 nitrogen and oxygen atoms in total. The lowest BCUT2D eigenvalue weighted by Gasteiger charge is -2.28. The van der Waals surface area contributed by atoms with Gasteiger partial charge in [0.2, 0.25) is 0 Å². The molecule has 0 saturated heterocycles. The molecule has 2 amide bonds. The fourth-order valence-corrected chi connectivity index (χ4v) is 1.89. The number of nitrogens with one attached hydrogen (secondary N) is 1. The molecule has 20 heavy (non-hydrogen) atoms. The maximum absolute atomic E-state index is 12.1. The minimum absolute atomic E-state index is 0.386. The first-order valence-corrected chi connectivity index (χ1v) is 6.54. The molecule has 1 atom stereocenters. The van der Waals surface area contributed by atoms with Gasteiger partial charge in [-0.1, -0.05) is 13.3 Å². The number of urea groups is 1. The number of carboxylic acid groups (broad SMARTS) is 1. The van der Waals surface area contributed by atoms with Gasteiger partial charge in [-0.2, -0.15) is 0 Å². The third kappa shape index (κ3) is 4.22. The fourth-order valence-electron chi connectivity index (χ4n) is 1.89. The van der Waals surface area contributed by atoms with Crippen LogP contribution in [0.1, 0.15) is 32.3 Å². The Morgan fingerprint density at radius 3 is 2.50 bits per heavy atom. The normalized spacial score (nSPS) is 13.3. The van der Waals surface area contributed by atoms with Crippen LogP contribution in [0.15, 0.2) is 24.5 Å². The zero-order chi connectivity index (χ0) is 15.2. The predicted octanol–water partition coefficient (Wildman–Crippen LogP) is 1.87. The molecular weight excluding hydrogens is 258 g/mol. The Labute approximate surface area is 118 Å². The minimum Gasteiger partial charge on any atom is -0.480 e. The van der Waals surface area contributed by atoms with E-state index in [4.69, 9.17) is 0 Å². The largest absolute Gasteiger partial charge is 0.480 e. The number of aliphatic carboxylic acids is 1. The number of carbonyl (C=O) groups is 2. The summed E-state index contributed by atoms with van der Waals surface area (Å²) in [4.78, 5) is 28.7. The molecule has 0 aromatic carbocycles. The number of hydrogen-bond donors (Lipinski definition) is 2. The molecule has 2 N–H and O–H groups in total. The first-order valence-electron chi connectivity index (χ1n) is 6.54. The van der Waals surface area contributed by atoms with Crippen molar-refractivity contribution in [2.75, 3.05) is 7.05 Å². The van der Waals surface area contributed by atoms with E-state index in [0.717, 1.165) is 5.56 Å². The van der Waals surface area contributed by atoms with E-state index in [-0.39, 0.29) is 0 Å². The number of carbonyl (C=O) groups excluding carboxylic acids is 1. The Hall–Kier alpha value is -2.11. The molecule has 1 aromatic heterocycles. The highest BCUT2D eigenvalue weighted by Crippen LogP contribution is 2.13. The quantitative estimate of drug-likeness (QED) is 0.832. The van der Waals surface area contributed by atoms with E-state index in [1.54, 1.807) is 19.4 Å². The van der Waals surface area contributed by atoms with Gasteiger partial charge in [-0.15, -0.1) is 0 Å². The van der Waals surface area contributed by atoms with Crippen molar-refractivity contribution in [1.82, 2.24) is 15.2 Å². The molecule has 1 rings (SSSR count). The Balaban J connectivity index is 2.67. The highest BCUT2D eigenvalue weighted by atomic mass is 16.4. The molecule has 0 saturated carbocycles. The van der Waals surface area contributed by atoms with E-state index < -0.39 is 17.5 Å². The van der Waals surface area contributed by atoms with Crippen molar-refractivity contribution in [2.24, 2.45) is 0 Å². The SMILES string of the molecule is CCCC(C)(NC(=O)N(C)Cc1ccncc1)C(=O)O. The van der Waals surface area contributed by atoms with Crippen LogP contribution >= 0.6 is 0 Å². The lowest BCUT2D eigenvalue weighted by Crippen LogP contribution is -2.55. The second kappa shape index (κ2) is 6.88. The zero-order valence-corrected chi connectivity index (χ0v) is 12.1. The van der Waals surface area contributed by atoms with Gasteiger partial charge in [0.15, 0.2) is 0 Å². The standard InChI is InChI=1S/C14H21N3O3/c1-4-7-14(2,12(18)19)16-13(20)17(3)10-11-5-8-15-9-6-11/h5-6,8-9H,4,7,10H2,1-3H3,(H,16,20)(H,18,19). The molecule has 0 spiro atoms. The number of carboxylic acids is 1. The molecule has 0 bridgehead atoms. The van der Waals surface area contributed by atoms with Gasteiger partial charge in [0.25, 0.3) is 0 Å². The highest BCUT2D eigenvalue weighted by molar-refractivity contribution is 5.85. The number of hydrogen-bond acceptors (Lipinski definition) is 3. The van der Waals surface area contributed by atoms with E-state index in [1.165, 1.54) is 11.8 Å². The minimum atomic E-state index is -1.24. The van der Waals surface area contributed by atoms with Crippen LogP contribution in [-0.2, 0) is 11.3 Å². The van der Waals surface area contributed by atoms with Crippen molar-refractivity contribution in [1.29, 1.82) is 0 Å². The van der Waals surface area contributed by atoms with E-state index in [9.17, 15) is 14.7 Å². The number of nitrogens with zero attached hydrogens (tertiary/aromatic N) is 2. The molecule has 1 aromatic rings. The molecule has 0 radical (unpaired) electrons. The average Bonchev–Trinajstić information content (AvgIpc) is 2.39. The maximum Gasteiger partial charge on any atom is 0.329 e. The van der Waals surface area contributed by atoms with Crippen molar-refractivity contribution in [3.8, 4) is 0 Å². The number of pyridine rings is 1. The third-order valence-electron chi connectivity index (χ3n) is 3.12. The smallest absolute Gasteiger partial charge is 0.329 e. The van der Waals surface area contributed by atoms with Gasteiger partial charge in [0, 0.05) is 26.0 Å². The molecule has 0 aliphatic carbocycles. The average molecular weight is 279 g/mol. The first kappa shape index (κ1) is 15.9. The second-order valence-corrected chi connectivity index (χ2v) is 5.03. The van der Waals surface area contributed by atoms with Gasteiger partial charge in [0.1, 0.15) is 5.54 Å². The molecule has 1 heterocycles. The van der Waals surface area contributed by atoms with Gasteiger partial charge in [0.05, 0.1) is 0 Å². The Morgan fingerprint density at radius 1 is 1.40 bits per heavy atom. The van der Waals surface area contributed by atoms with Crippen LogP contribution in [0.2, 0.25) is 0 Å². The van der Waals surface area contributed by atoms with E-state index in [0.29, 0.717) is 19.4 Å². The van der Waals surface area contributed by atoms with Crippen LogP contribution in [0.5, 0.6) is 0 Å². The van der Waals surface area contributed by atoms with Crippen LogP contribution in [0, 0.1) is 0 Å². The molecule has 110 valence electrons. The summed E-state index contributed by atoms with van der Waals surface area (Å²) >= 11 is 0. The van der Waals surface area contributed by atoms with Crippen LogP contribution in [0.25, 0.3) is 0 Å². The van der Waals surface area contributed by atoms with Gasteiger partial charge in [-0.3, -0.25) is 4.98 Å². The monoisotopic (exact) mass is 279 g/mol. The molecule has 1 unspecified atom stereocenters. The second-order valence-electron chi connectivity index (χ2n) is 5.03. The summed E-state index contributed by atoms with van der Waals surface area (Å²) in [5.74, 6) is -1.02. The van der Waals surface area contributed by atoms with Crippen molar-refractivity contribution >= 4 is 12.0 Å². The molecule has 0 aliphatic rings. The number of rotatable bonds is 6. The van der Waals surface area contributed by atoms with Gasteiger partial charge < -0.3 is 15.3 Å². The van der Waals surface area contributed by atoms with Gasteiger partial charge in [-0.25, -0.2) is 9.59 Å². The molecule has 0 fully saturated rings. The summed E-state index contributed by atoms with van der Waals surface area (Å²) < 4.78 is 0. The first-order chi connectivity index (χ1) is 9.39. The summed E-state index contributed by atoms with van der Waals surface area (Å²) in [7, 11) is 1.63. The molecule has 6 heteroatoms. The molecular formula is C14H21N3O3. The van der Waals surface area contributed by atoms with Gasteiger partial charge in [-0.05, 0) is 31.0 Å². The predicted molar refractivity (Wildman–Crippen MR) is 75.2 cm³/mol.